The summed E-state index contributed by atoms with van der Waals surface area (Å²) in [4.78, 5) is 26.3. The van der Waals surface area contributed by atoms with Crippen molar-refractivity contribution in [3.05, 3.63) is 88.1 Å². The molecule has 1 heterocycles. The number of benzene rings is 3. The summed E-state index contributed by atoms with van der Waals surface area (Å²) in [5.74, 6) is -0.0909. The summed E-state index contributed by atoms with van der Waals surface area (Å²) in [5, 5.41) is 7.69. The van der Waals surface area contributed by atoms with Crippen molar-refractivity contribution in [1.29, 1.82) is 0 Å². The lowest BCUT2D eigenvalue weighted by Gasteiger charge is -2.13. The van der Waals surface area contributed by atoms with Crippen LogP contribution in [0.5, 0.6) is 11.5 Å². The normalized spacial score (nSPS) is 10.8. The second-order valence-electron chi connectivity index (χ2n) is 7.10. The number of hydrogen-bond acceptors (Lipinski definition) is 5. The minimum absolute atomic E-state index is 0.0166. The molecule has 0 saturated heterocycles. The number of aryl methyl sites for hydroxylation is 1. The van der Waals surface area contributed by atoms with Crippen molar-refractivity contribution >= 4 is 22.4 Å². The van der Waals surface area contributed by atoms with Gasteiger partial charge in [-0.25, -0.2) is 4.39 Å². The molecule has 7 nitrogen and oxygen atoms in total. The van der Waals surface area contributed by atoms with E-state index in [0.717, 1.165) is 4.68 Å². The lowest BCUT2D eigenvalue weighted by molar-refractivity contribution is 0.102. The molecule has 0 spiro atoms. The zero-order valence-corrected chi connectivity index (χ0v) is 17.7. The molecule has 4 aromatic rings. The Kier molecular flexibility index (Phi) is 5.59. The van der Waals surface area contributed by atoms with Crippen LogP contribution in [-0.2, 0) is 0 Å². The van der Waals surface area contributed by atoms with Gasteiger partial charge in [-0.3, -0.25) is 9.59 Å². The fraction of sp³-hybridized carbons (Fsp3) is 0.125. The molecule has 0 saturated carbocycles. The van der Waals surface area contributed by atoms with E-state index < -0.39 is 17.3 Å². The number of nitrogens with zero attached hydrogens (tertiary/aromatic N) is 2. The fourth-order valence-corrected chi connectivity index (χ4v) is 3.31. The van der Waals surface area contributed by atoms with Gasteiger partial charge in [0.2, 0.25) is 0 Å². The van der Waals surface area contributed by atoms with Gasteiger partial charge in [0.15, 0.2) is 5.69 Å². The molecular formula is C24H20FN3O4. The number of methoxy groups -OCH3 is 2. The van der Waals surface area contributed by atoms with Gasteiger partial charge in [0, 0.05) is 29.3 Å². The molecule has 8 heteroatoms. The Labute approximate surface area is 183 Å². The number of aromatic nitrogens is 2. The smallest absolute Gasteiger partial charge is 0.279 e. The van der Waals surface area contributed by atoms with E-state index >= 15 is 0 Å². The maximum absolute atomic E-state index is 13.9. The highest BCUT2D eigenvalue weighted by atomic mass is 19.1. The van der Waals surface area contributed by atoms with Gasteiger partial charge in [-0.15, -0.1) is 0 Å². The Bertz CT molecular complexity index is 1380. The summed E-state index contributed by atoms with van der Waals surface area (Å²) in [6, 6.07) is 16.0. The molecular weight excluding hydrogens is 413 g/mol. The summed E-state index contributed by atoms with van der Waals surface area (Å²) in [7, 11) is 2.99. The van der Waals surface area contributed by atoms with E-state index in [2.05, 4.69) is 10.4 Å². The van der Waals surface area contributed by atoms with Crippen LogP contribution in [0.25, 0.3) is 16.5 Å². The number of halogens is 1. The van der Waals surface area contributed by atoms with E-state index in [1.165, 1.54) is 20.3 Å². The minimum Gasteiger partial charge on any atom is -0.497 e. The summed E-state index contributed by atoms with van der Waals surface area (Å²) < 4.78 is 25.6. The van der Waals surface area contributed by atoms with Crippen LogP contribution >= 0.6 is 0 Å². The average Bonchev–Trinajstić information content (AvgIpc) is 2.81. The van der Waals surface area contributed by atoms with Crippen molar-refractivity contribution in [2.75, 3.05) is 19.5 Å². The van der Waals surface area contributed by atoms with Gasteiger partial charge >= 0.3 is 0 Å². The summed E-state index contributed by atoms with van der Waals surface area (Å²) in [6.45, 7) is 1.63. The molecule has 0 bridgehead atoms. The number of hydrogen-bond donors (Lipinski definition) is 1. The number of rotatable bonds is 5. The van der Waals surface area contributed by atoms with Crippen LogP contribution in [0.15, 0.2) is 65.5 Å². The maximum Gasteiger partial charge on any atom is 0.279 e. The Morgan fingerprint density at radius 2 is 1.62 bits per heavy atom. The van der Waals surface area contributed by atoms with Gasteiger partial charge in [-0.2, -0.15) is 9.78 Å². The lowest BCUT2D eigenvalue weighted by atomic mass is 10.1. The third kappa shape index (κ3) is 3.90. The highest BCUT2D eigenvalue weighted by Gasteiger charge is 2.19. The Morgan fingerprint density at radius 1 is 0.969 bits per heavy atom. The number of amides is 1. The monoisotopic (exact) mass is 433 g/mol. The lowest BCUT2D eigenvalue weighted by Crippen LogP contribution is -2.26. The second-order valence-corrected chi connectivity index (χ2v) is 7.10. The van der Waals surface area contributed by atoms with E-state index in [1.54, 1.807) is 61.5 Å². The molecule has 0 radical (unpaired) electrons. The van der Waals surface area contributed by atoms with Crippen molar-refractivity contribution in [2.24, 2.45) is 0 Å². The SMILES string of the molecule is COc1cc(OC)cc(-n2nc(C(=O)Nc3ccc(C)c(F)c3)c3ccccc3c2=O)c1. The first-order valence-electron chi connectivity index (χ1n) is 9.74. The number of ether oxygens (including phenoxy) is 2. The molecule has 0 aliphatic rings. The van der Waals surface area contributed by atoms with Gasteiger partial charge < -0.3 is 14.8 Å². The fourth-order valence-electron chi connectivity index (χ4n) is 3.31. The van der Waals surface area contributed by atoms with Crippen molar-refractivity contribution < 1.29 is 18.7 Å². The largest absolute Gasteiger partial charge is 0.497 e. The predicted octanol–water partition coefficient (Wildman–Crippen LogP) is 4.10. The van der Waals surface area contributed by atoms with Crippen LogP contribution < -0.4 is 20.3 Å². The molecule has 4 rings (SSSR count). The molecule has 0 aliphatic heterocycles. The molecule has 0 aliphatic carbocycles. The first-order valence-corrected chi connectivity index (χ1v) is 9.74. The highest BCUT2D eigenvalue weighted by Crippen LogP contribution is 2.25. The summed E-state index contributed by atoms with van der Waals surface area (Å²) >= 11 is 0. The zero-order valence-electron chi connectivity index (χ0n) is 17.7. The zero-order chi connectivity index (χ0) is 22.8. The molecule has 0 unspecified atom stereocenters. The van der Waals surface area contributed by atoms with Crippen molar-refractivity contribution in [3.63, 3.8) is 0 Å². The van der Waals surface area contributed by atoms with E-state index in [9.17, 15) is 14.0 Å². The number of fused-ring (bicyclic) bond motifs is 1. The topological polar surface area (TPSA) is 82.4 Å². The molecule has 1 aromatic heterocycles. The van der Waals surface area contributed by atoms with E-state index in [0.29, 0.717) is 33.5 Å². The third-order valence-corrected chi connectivity index (χ3v) is 5.03. The quantitative estimate of drug-likeness (QED) is 0.512. The molecule has 0 atom stereocenters. The van der Waals surface area contributed by atoms with E-state index in [1.807, 2.05) is 0 Å². The van der Waals surface area contributed by atoms with Crippen molar-refractivity contribution in [2.45, 2.75) is 6.92 Å². The van der Waals surface area contributed by atoms with Crippen molar-refractivity contribution in [3.8, 4) is 17.2 Å². The minimum atomic E-state index is -0.576. The molecule has 3 aromatic carbocycles. The Hall–Kier alpha value is -4.20. The van der Waals surface area contributed by atoms with Crippen LogP contribution in [0, 0.1) is 12.7 Å². The highest BCUT2D eigenvalue weighted by molar-refractivity contribution is 6.11. The molecule has 1 amide bonds. The Balaban J connectivity index is 1.88. The molecule has 0 fully saturated rings. The van der Waals surface area contributed by atoms with Gasteiger partial charge in [0.05, 0.1) is 25.3 Å². The summed E-state index contributed by atoms with van der Waals surface area (Å²) in [5.41, 5.74) is 0.723. The number of anilines is 1. The standard InChI is InChI=1S/C24H20FN3O4/c1-14-8-9-15(10-21(14)25)26-23(29)22-19-6-4-5-7-20(19)24(30)28(27-22)16-11-17(31-2)13-18(12-16)32-3/h4-13H,1-3H3,(H,26,29). The van der Waals surface area contributed by atoms with E-state index in [4.69, 9.17) is 9.47 Å². The average molecular weight is 433 g/mol. The van der Waals surface area contributed by atoms with E-state index in [-0.39, 0.29) is 11.4 Å². The number of carbonyl (C=O) groups is 1. The van der Waals surface area contributed by atoms with Crippen molar-refractivity contribution in [1.82, 2.24) is 9.78 Å². The Morgan fingerprint density at radius 3 is 2.25 bits per heavy atom. The predicted molar refractivity (Wildman–Crippen MR) is 120 cm³/mol. The number of nitrogens with one attached hydrogen (secondary N) is 1. The van der Waals surface area contributed by atoms with Crippen LogP contribution in [0.4, 0.5) is 10.1 Å². The first kappa shape index (κ1) is 21.0. The van der Waals surface area contributed by atoms with Gasteiger partial charge in [-0.05, 0) is 30.7 Å². The molecule has 162 valence electrons. The number of carbonyl (C=O) groups excluding carboxylic acids is 1. The second kappa shape index (κ2) is 8.50. The summed E-state index contributed by atoms with van der Waals surface area (Å²) in [6.07, 6.45) is 0. The van der Waals surface area contributed by atoms with Gasteiger partial charge in [0.25, 0.3) is 11.5 Å². The van der Waals surface area contributed by atoms with Crippen LogP contribution in [0.1, 0.15) is 16.1 Å². The van der Waals surface area contributed by atoms with Crippen LogP contribution in [0.2, 0.25) is 0 Å². The maximum atomic E-state index is 13.9. The van der Waals surface area contributed by atoms with Crippen LogP contribution in [-0.4, -0.2) is 29.9 Å². The molecule has 1 N–H and O–H groups in total. The third-order valence-electron chi connectivity index (χ3n) is 5.03. The van der Waals surface area contributed by atoms with Gasteiger partial charge in [-0.1, -0.05) is 24.3 Å². The van der Waals surface area contributed by atoms with Crippen LogP contribution in [0.3, 0.4) is 0 Å². The first-order chi connectivity index (χ1) is 15.4. The van der Waals surface area contributed by atoms with Gasteiger partial charge in [0.1, 0.15) is 17.3 Å². The molecule has 32 heavy (non-hydrogen) atoms.